The summed E-state index contributed by atoms with van der Waals surface area (Å²) in [5, 5.41) is 0. The lowest BCUT2D eigenvalue weighted by molar-refractivity contribution is 1.28. The topological polar surface area (TPSA) is 12.9 Å². The SMILES string of the molecule is C=C(C)c1ccc(-c2ccccc2)cc1-c1cc(C)ccn1. The van der Waals surface area contributed by atoms with Gasteiger partial charge in [-0.3, -0.25) is 4.98 Å². The Labute approximate surface area is 132 Å². The van der Waals surface area contributed by atoms with Crippen molar-refractivity contribution in [2.45, 2.75) is 13.8 Å². The van der Waals surface area contributed by atoms with E-state index in [0.29, 0.717) is 0 Å². The minimum absolute atomic E-state index is 0.996. The average Bonchev–Trinajstić information content (AvgIpc) is 2.55. The Morgan fingerprint density at radius 1 is 0.909 bits per heavy atom. The van der Waals surface area contributed by atoms with Crippen LogP contribution in [0.25, 0.3) is 28.0 Å². The molecule has 0 fully saturated rings. The highest BCUT2D eigenvalue weighted by atomic mass is 14.7. The van der Waals surface area contributed by atoms with Crippen LogP contribution in [0.1, 0.15) is 18.1 Å². The monoisotopic (exact) mass is 285 g/mol. The molecule has 1 heterocycles. The van der Waals surface area contributed by atoms with Crippen molar-refractivity contribution in [2.24, 2.45) is 0 Å². The normalized spacial score (nSPS) is 10.5. The van der Waals surface area contributed by atoms with Gasteiger partial charge in [0.25, 0.3) is 0 Å². The van der Waals surface area contributed by atoms with Crippen molar-refractivity contribution in [3.05, 3.63) is 84.6 Å². The molecule has 1 aromatic heterocycles. The third kappa shape index (κ3) is 2.84. The second kappa shape index (κ2) is 5.98. The quantitative estimate of drug-likeness (QED) is 0.596. The van der Waals surface area contributed by atoms with E-state index in [-0.39, 0.29) is 0 Å². The summed E-state index contributed by atoms with van der Waals surface area (Å²) in [6.45, 7) is 8.24. The summed E-state index contributed by atoms with van der Waals surface area (Å²) in [6.07, 6.45) is 1.86. The van der Waals surface area contributed by atoms with Crippen LogP contribution in [0.15, 0.2) is 73.4 Å². The molecular formula is C21H19N. The molecule has 0 spiro atoms. The first-order valence-electron chi connectivity index (χ1n) is 7.43. The van der Waals surface area contributed by atoms with Crippen molar-refractivity contribution in [2.75, 3.05) is 0 Å². The second-order valence-corrected chi connectivity index (χ2v) is 5.63. The molecule has 2 aromatic carbocycles. The van der Waals surface area contributed by atoms with Crippen molar-refractivity contribution < 1.29 is 0 Å². The van der Waals surface area contributed by atoms with Gasteiger partial charge in [0.15, 0.2) is 0 Å². The minimum atomic E-state index is 0.996. The molecule has 0 N–H and O–H groups in total. The standard InChI is InChI=1S/C21H19N/c1-15(2)19-10-9-18(17-7-5-4-6-8-17)14-20(19)21-13-16(3)11-12-22-21/h4-14H,1H2,2-3H3. The smallest absolute Gasteiger partial charge is 0.0710 e. The van der Waals surface area contributed by atoms with Crippen molar-refractivity contribution in [3.8, 4) is 22.4 Å². The highest BCUT2D eigenvalue weighted by Crippen LogP contribution is 2.32. The van der Waals surface area contributed by atoms with E-state index in [0.717, 1.165) is 22.4 Å². The van der Waals surface area contributed by atoms with E-state index in [9.17, 15) is 0 Å². The molecule has 22 heavy (non-hydrogen) atoms. The van der Waals surface area contributed by atoms with Crippen molar-refractivity contribution in [1.29, 1.82) is 0 Å². The summed E-state index contributed by atoms with van der Waals surface area (Å²) in [4.78, 5) is 4.55. The molecular weight excluding hydrogens is 266 g/mol. The zero-order valence-electron chi connectivity index (χ0n) is 13.0. The predicted molar refractivity (Wildman–Crippen MR) is 94.6 cm³/mol. The molecule has 0 aliphatic carbocycles. The van der Waals surface area contributed by atoms with Gasteiger partial charge in [0.2, 0.25) is 0 Å². The van der Waals surface area contributed by atoms with Gasteiger partial charge >= 0.3 is 0 Å². The van der Waals surface area contributed by atoms with Crippen molar-refractivity contribution >= 4 is 5.57 Å². The van der Waals surface area contributed by atoms with E-state index in [1.807, 2.05) is 25.3 Å². The summed E-state index contributed by atoms with van der Waals surface area (Å²) < 4.78 is 0. The van der Waals surface area contributed by atoms with E-state index in [2.05, 4.69) is 67.0 Å². The molecule has 1 nitrogen and oxygen atoms in total. The number of benzene rings is 2. The van der Waals surface area contributed by atoms with Crippen LogP contribution in [0, 0.1) is 6.92 Å². The first kappa shape index (κ1) is 14.3. The lowest BCUT2D eigenvalue weighted by atomic mass is 9.94. The number of aromatic nitrogens is 1. The molecule has 0 bridgehead atoms. The Hall–Kier alpha value is -2.67. The number of aryl methyl sites for hydroxylation is 1. The van der Waals surface area contributed by atoms with Crippen molar-refractivity contribution in [3.63, 3.8) is 0 Å². The first-order valence-corrected chi connectivity index (χ1v) is 7.43. The predicted octanol–water partition coefficient (Wildman–Crippen LogP) is 5.76. The van der Waals surface area contributed by atoms with Gasteiger partial charge in [0, 0.05) is 11.8 Å². The zero-order valence-corrected chi connectivity index (χ0v) is 13.0. The van der Waals surface area contributed by atoms with Crippen LogP contribution >= 0.6 is 0 Å². The highest BCUT2D eigenvalue weighted by molar-refractivity contribution is 5.82. The summed E-state index contributed by atoms with van der Waals surface area (Å²) in [6, 6.07) is 21.1. The van der Waals surface area contributed by atoms with Crippen LogP contribution in [0.5, 0.6) is 0 Å². The maximum Gasteiger partial charge on any atom is 0.0710 e. The maximum atomic E-state index is 4.55. The molecule has 0 aliphatic heterocycles. The lowest BCUT2D eigenvalue weighted by Crippen LogP contribution is -1.91. The van der Waals surface area contributed by atoms with E-state index in [1.165, 1.54) is 16.7 Å². The van der Waals surface area contributed by atoms with Gasteiger partial charge in [-0.15, -0.1) is 0 Å². The Kier molecular flexibility index (Phi) is 3.88. The van der Waals surface area contributed by atoms with Gasteiger partial charge < -0.3 is 0 Å². The van der Waals surface area contributed by atoms with E-state index >= 15 is 0 Å². The Morgan fingerprint density at radius 2 is 1.68 bits per heavy atom. The number of allylic oxidation sites excluding steroid dienone is 1. The van der Waals surface area contributed by atoms with E-state index < -0.39 is 0 Å². The molecule has 0 aliphatic rings. The fourth-order valence-electron chi connectivity index (χ4n) is 2.62. The second-order valence-electron chi connectivity index (χ2n) is 5.63. The zero-order chi connectivity index (χ0) is 15.5. The Balaban J connectivity index is 2.19. The molecule has 0 atom stereocenters. The number of rotatable bonds is 3. The van der Waals surface area contributed by atoms with Crippen LogP contribution < -0.4 is 0 Å². The third-order valence-electron chi connectivity index (χ3n) is 3.78. The Morgan fingerprint density at radius 3 is 2.36 bits per heavy atom. The van der Waals surface area contributed by atoms with Crippen LogP contribution in [-0.2, 0) is 0 Å². The van der Waals surface area contributed by atoms with Gasteiger partial charge in [-0.2, -0.15) is 0 Å². The van der Waals surface area contributed by atoms with E-state index in [1.54, 1.807) is 0 Å². The van der Waals surface area contributed by atoms with Gasteiger partial charge in [-0.05, 0) is 54.3 Å². The van der Waals surface area contributed by atoms with Gasteiger partial charge in [-0.1, -0.05) is 54.6 Å². The van der Waals surface area contributed by atoms with Crippen LogP contribution in [0.3, 0.4) is 0 Å². The van der Waals surface area contributed by atoms with Crippen LogP contribution in [0.4, 0.5) is 0 Å². The van der Waals surface area contributed by atoms with Gasteiger partial charge in [0.05, 0.1) is 5.69 Å². The number of hydrogen-bond donors (Lipinski definition) is 0. The van der Waals surface area contributed by atoms with Crippen LogP contribution in [0.2, 0.25) is 0 Å². The summed E-state index contributed by atoms with van der Waals surface area (Å²) in [5.74, 6) is 0. The molecule has 0 amide bonds. The van der Waals surface area contributed by atoms with E-state index in [4.69, 9.17) is 0 Å². The summed E-state index contributed by atoms with van der Waals surface area (Å²) in [5.41, 5.74) is 7.96. The molecule has 0 saturated carbocycles. The fraction of sp³-hybridized carbons (Fsp3) is 0.0952. The van der Waals surface area contributed by atoms with Gasteiger partial charge in [0.1, 0.15) is 0 Å². The fourth-order valence-corrected chi connectivity index (χ4v) is 2.62. The number of nitrogens with zero attached hydrogens (tertiary/aromatic N) is 1. The summed E-state index contributed by atoms with van der Waals surface area (Å²) >= 11 is 0. The lowest BCUT2D eigenvalue weighted by Gasteiger charge is -2.12. The molecule has 3 rings (SSSR count). The highest BCUT2D eigenvalue weighted by Gasteiger charge is 2.09. The molecule has 108 valence electrons. The summed E-state index contributed by atoms with van der Waals surface area (Å²) in [7, 11) is 0. The molecule has 1 heteroatoms. The largest absolute Gasteiger partial charge is 0.256 e. The molecule has 0 radical (unpaired) electrons. The first-order chi connectivity index (χ1) is 10.6. The Bertz CT molecular complexity index is 816. The van der Waals surface area contributed by atoms with Crippen LogP contribution in [-0.4, -0.2) is 4.98 Å². The number of hydrogen-bond acceptors (Lipinski definition) is 1. The van der Waals surface area contributed by atoms with Gasteiger partial charge in [-0.25, -0.2) is 0 Å². The molecule has 3 aromatic rings. The molecule has 0 unspecified atom stereocenters. The number of pyridine rings is 1. The maximum absolute atomic E-state index is 4.55. The third-order valence-corrected chi connectivity index (χ3v) is 3.78. The van der Waals surface area contributed by atoms with Crippen molar-refractivity contribution in [1.82, 2.24) is 4.98 Å². The molecule has 0 saturated heterocycles. The minimum Gasteiger partial charge on any atom is -0.256 e. The average molecular weight is 285 g/mol.